The van der Waals surface area contributed by atoms with Crippen LogP contribution in [-0.4, -0.2) is 23.3 Å². The summed E-state index contributed by atoms with van der Waals surface area (Å²) in [6, 6.07) is 20.6. The van der Waals surface area contributed by atoms with E-state index in [-0.39, 0.29) is 5.04 Å². The van der Waals surface area contributed by atoms with Gasteiger partial charge in [-0.25, -0.2) is 4.68 Å². The molecule has 0 spiro atoms. The van der Waals surface area contributed by atoms with E-state index in [1.807, 2.05) is 41.1 Å². The number of hydrogen-bond acceptors (Lipinski definition) is 3. The first-order valence-corrected chi connectivity index (χ1v) is 11.9. The van der Waals surface area contributed by atoms with Crippen LogP contribution in [0.1, 0.15) is 26.3 Å². The van der Waals surface area contributed by atoms with Crippen LogP contribution in [0.15, 0.2) is 60.7 Å². The van der Waals surface area contributed by atoms with Gasteiger partial charge in [0.1, 0.15) is 5.69 Å². The zero-order chi connectivity index (χ0) is 18.8. The van der Waals surface area contributed by atoms with Crippen molar-refractivity contribution < 1.29 is 4.43 Å². The summed E-state index contributed by atoms with van der Waals surface area (Å²) in [4.78, 5) is 0. The molecule has 0 radical (unpaired) electrons. The largest absolute Gasteiger partial charge is 0.528 e. The minimum absolute atomic E-state index is 0.101. The Bertz CT molecular complexity index is 852. The van der Waals surface area contributed by atoms with Gasteiger partial charge in [-0.05, 0) is 23.7 Å². The standard InChI is InChI=1S/C21H27N3OSi/c1-21(2,3)26(4,5)25-20-19(18-14-10-7-11-15-18)24(23-22-20)16-17-12-8-6-9-13-17/h6-15H,16H2,1-5H3. The molecule has 136 valence electrons. The van der Waals surface area contributed by atoms with Gasteiger partial charge in [-0.3, -0.25) is 0 Å². The second kappa shape index (κ2) is 7.07. The highest BCUT2D eigenvalue weighted by Gasteiger charge is 2.40. The number of nitrogens with zero attached hydrogens (tertiary/aromatic N) is 3. The molecular formula is C21H27N3OSi. The minimum Gasteiger partial charge on any atom is -0.528 e. The average Bonchev–Trinajstić information content (AvgIpc) is 2.97. The predicted octanol–water partition coefficient (Wildman–Crippen LogP) is 5.38. The van der Waals surface area contributed by atoms with Gasteiger partial charge >= 0.3 is 0 Å². The molecule has 3 aromatic rings. The summed E-state index contributed by atoms with van der Waals surface area (Å²) < 4.78 is 8.45. The van der Waals surface area contributed by atoms with Crippen LogP contribution < -0.4 is 4.43 Å². The van der Waals surface area contributed by atoms with E-state index in [1.165, 1.54) is 5.56 Å². The summed E-state index contributed by atoms with van der Waals surface area (Å²) in [6.45, 7) is 11.8. The van der Waals surface area contributed by atoms with Gasteiger partial charge in [-0.2, -0.15) is 0 Å². The molecule has 1 heterocycles. The lowest BCUT2D eigenvalue weighted by Gasteiger charge is -2.35. The highest BCUT2D eigenvalue weighted by molar-refractivity contribution is 6.74. The first kappa shape index (κ1) is 18.4. The summed E-state index contributed by atoms with van der Waals surface area (Å²) in [6.07, 6.45) is 0. The third-order valence-electron chi connectivity index (χ3n) is 5.08. The Morgan fingerprint density at radius 2 is 1.50 bits per heavy atom. The Hall–Kier alpha value is -2.40. The molecule has 5 heteroatoms. The molecule has 0 bridgehead atoms. The molecule has 0 N–H and O–H groups in total. The summed E-state index contributed by atoms with van der Waals surface area (Å²) in [5.41, 5.74) is 3.20. The van der Waals surface area contributed by atoms with Crippen LogP contribution >= 0.6 is 0 Å². The van der Waals surface area contributed by atoms with Gasteiger partial charge in [0.25, 0.3) is 8.32 Å². The monoisotopic (exact) mass is 365 g/mol. The van der Waals surface area contributed by atoms with Crippen molar-refractivity contribution in [2.75, 3.05) is 0 Å². The van der Waals surface area contributed by atoms with Gasteiger partial charge < -0.3 is 4.43 Å². The molecule has 0 unspecified atom stereocenters. The molecule has 0 fully saturated rings. The molecular weight excluding hydrogens is 338 g/mol. The van der Waals surface area contributed by atoms with Crippen molar-refractivity contribution in [1.29, 1.82) is 0 Å². The molecule has 26 heavy (non-hydrogen) atoms. The Morgan fingerprint density at radius 3 is 2.08 bits per heavy atom. The molecule has 0 aliphatic rings. The summed E-state index contributed by atoms with van der Waals surface area (Å²) in [5.74, 6) is 0.638. The lowest BCUT2D eigenvalue weighted by Crippen LogP contribution is -2.44. The second-order valence-corrected chi connectivity index (χ2v) is 12.8. The molecule has 3 rings (SSSR count). The van der Waals surface area contributed by atoms with Crippen LogP contribution in [0.5, 0.6) is 5.88 Å². The van der Waals surface area contributed by atoms with Gasteiger partial charge in [0, 0.05) is 5.56 Å². The van der Waals surface area contributed by atoms with Crippen LogP contribution in [-0.2, 0) is 6.54 Å². The normalized spacial score (nSPS) is 12.2. The predicted molar refractivity (Wildman–Crippen MR) is 109 cm³/mol. The van der Waals surface area contributed by atoms with Crippen LogP contribution in [0.3, 0.4) is 0 Å². The molecule has 4 nitrogen and oxygen atoms in total. The summed E-state index contributed by atoms with van der Waals surface area (Å²) >= 11 is 0. The lowest BCUT2D eigenvalue weighted by atomic mass is 10.1. The molecule has 0 aliphatic heterocycles. The summed E-state index contributed by atoms with van der Waals surface area (Å²) in [7, 11) is -2.00. The van der Waals surface area contributed by atoms with Gasteiger partial charge in [0.15, 0.2) is 0 Å². The van der Waals surface area contributed by atoms with E-state index in [9.17, 15) is 0 Å². The van der Waals surface area contributed by atoms with Crippen LogP contribution in [0, 0.1) is 0 Å². The van der Waals surface area contributed by atoms with E-state index in [1.54, 1.807) is 0 Å². The average molecular weight is 366 g/mol. The van der Waals surface area contributed by atoms with Crippen molar-refractivity contribution >= 4 is 8.32 Å². The highest BCUT2D eigenvalue weighted by Crippen LogP contribution is 2.39. The van der Waals surface area contributed by atoms with Gasteiger partial charge in [0.05, 0.1) is 6.54 Å². The topological polar surface area (TPSA) is 39.9 Å². The maximum Gasteiger partial charge on any atom is 0.252 e. The minimum atomic E-state index is -2.00. The maximum atomic E-state index is 6.51. The van der Waals surface area contributed by atoms with Gasteiger partial charge in [0.2, 0.25) is 5.88 Å². The van der Waals surface area contributed by atoms with Crippen molar-refractivity contribution in [2.24, 2.45) is 0 Å². The van der Waals surface area contributed by atoms with E-state index in [4.69, 9.17) is 4.43 Å². The van der Waals surface area contributed by atoms with Gasteiger partial charge in [-0.15, -0.1) is 0 Å². The Balaban J connectivity index is 2.03. The molecule has 1 aromatic heterocycles. The number of aromatic nitrogens is 3. The molecule has 0 amide bonds. The number of hydrogen-bond donors (Lipinski definition) is 0. The van der Waals surface area contributed by atoms with E-state index in [0.717, 1.165) is 11.3 Å². The smallest absolute Gasteiger partial charge is 0.252 e. The van der Waals surface area contributed by atoms with Crippen molar-refractivity contribution in [2.45, 2.75) is 45.4 Å². The fourth-order valence-corrected chi connectivity index (χ4v) is 3.42. The lowest BCUT2D eigenvalue weighted by molar-refractivity contribution is 0.476. The van der Waals surface area contributed by atoms with Crippen LogP contribution in [0.4, 0.5) is 0 Å². The quantitative estimate of drug-likeness (QED) is 0.570. The first-order valence-electron chi connectivity index (χ1n) is 9.00. The van der Waals surface area contributed by atoms with Crippen molar-refractivity contribution in [1.82, 2.24) is 15.0 Å². The Labute approximate surface area is 157 Å². The second-order valence-electron chi connectivity index (χ2n) is 8.11. The molecule has 0 saturated heterocycles. The number of rotatable bonds is 5. The van der Waals surface area contributed by atoms with Crippen molar-refractivity contribution in [3.8, 4) is 17.1 Å². The molecule has 0 aliphatic carbocycles. The third-order valence-corrected chi connectivity index (χ3v) is 9.40. The van der Waals surface area contributed by atoms with Crippen molar-refractivity contribution in [3.05, 3.63) is 66.2 Å². The summed E-state index contributed by atoms with van der Waals surface area (Å²) in [5, 5.41) is 8.93. The van der Waals surface area contributed by atoms with Gasteiger partial charge in [-0.1, -0.05) is 91.7 Å². The van der Waals surface area contributed by atoms with Crippen LogP contribution in [0.2, 0.25) is 18.1 Å². The maximum absolute atomic E-state index is 6.51. The van der Waals surface area contributed by atoms with Crippen molar-refractivity contribution in [3.63, 3.8) is 0 Å². The Morgan fingerprint density at radius 1 is 0.923 bits per heavy atom. The number of benzene rings is 2. The zero-order valence-electron chi connectivity index (χ0n) is 16.2. The molecule has 2 aromatic carbocycles. The van der Waals surface area contributed by atoms with Crippen LogP contribution in [0.25, 0.3) is 11.3 Å². The van der Waals surface area contributed by atoms with E-state index in [2.05, 4.69) is 68.4 Å². The fraction of sp³-hybridized carbons (Fsp3) is 0.333. The first-order chi connectivity index (χ1) is 12.3. The van der Waals surface area contributed by atoms with E-state index in [0.29, 0.717) is 12.4 Å². The third kappa shape index (κ3) is 3.88. The van der Waals surface area contributed by atoms with E-state index < -0.39 is 8.32 Å². The Kier molecular flexibility index (Phi) is 5.00. The fourth-order valence-electron chi connectivity index (χ4n) is 2.50. The zero-order valence-corrected chi connectivity index (χ0v) is 17.2. The molecule has 0 atom stereocenters. The van der Waals surface area contributed by atoms with E-state index >= 15 is 0 Å². The highest BCUT2D eigenvalue weighted by atomic mass is 28.4. The SMILES string of the molecule is CC(C)(C)[Si](C)(C)Oc1nnn(Cc2ccccc2)c1-c1ccccc1. The molecule has 0 saturated carbocycles.